The summed E-state index contributed by atoms with van der Waals surface area (Å²) in [5, 5.41) is 10.0. The maximum absolute atomic E-state index is 10.0. The Hall–Kier alpha value is -2.08. The molecule has 5 nitrogen and oxygen atoms in total. The number of aliphatic hydroxyl groups is 1. The molecule has 0 radical (unpaired) electrons. The molecule has 0 aromatic heterocycles. The van der Waals surface area contributed by atoms with Gasteiger partial charge in [0.15, 0.2) is 0 Å². The molecule has 0 saturated carbocycles. The van der Waals surface area contributed by atoms with Crippen LogP contribution >= 0.6 is 0 Å². The second-order valence-electron chi connectivity index (χ2n) is 5.09. The van der Waals surface area contributed by atoms with Crippen molar-refractivity contribution in [1.82, 2.24) is 0 Å². The number of benzene rings is 2. The maximum atomic E-state index is 10.0. The van der Waals surface area contributed by atoms with Crippen molar-refractivity contribution < 1.29 is 14.6 Å². The van der Waals surface area contributed by atoms with E-state index in [1.165, 1.54) is 0 Å². The van der Waals surface area contributed by atoms with E-state index in [9.17, 15) is 5.11 Å². The number of rotatable bonds is 7. The first-order valence-electron chi connectivity index (χ1n) is 7.14. The fraction of sp³-hybridized carbons (Fsp3) is 0.294. The summed E-state index contributed by atoms with van der Waals surface area (Å²) in [7, 11) is 1.63. The highest BCUT2D eigenvalue weighted by atomic mass is 16.5. The molecule has 1 unspecified atom stereocenters. The van der Waals surface area contributed by atoms with Crippen LogP contribution in [0, 0.1) is 0 Å². The van der Waals surface area contributed by atoms with Crippen molar-refractivity contribution in [3.05, 3.63) is 59.7 Å². The van der Waals surface area contributed by atoms with Crippen LogP contribution in [0.25, 0.3) is 0 Å². The molecule has 22 heavy (non-hydrogen) atoms. The summed E-state index contributed by atoms with van der Waals surface area (Å²) < 4.78 is 11.1. The van der Waals surface area contributed by atoms with Crippen LogP contribution in [-0.4, -0.2) is 18.4 Å². The first-order valence-corrected chi connectivity index (χ1v) is 7.14. The summed E-state index contributed by atoms with van der Waals surface area (Å²) >= 11 is 0. The predicted molar refractivity (Wildman–Crippen MR) is 85.5 cm³/mol. The molecule has 0 aliphatic heterocycles. The van der Waals surface area contributed by atoms with Crippen LogP contribution in [0.2, 0.25) is 0 Å². The van der Waals surface area contributed by atoms with Crippen LogP contribution < -0.4 is 20.9 Å². The van der Waals surface area contributed by atoms with Crippen molar-refractivity contribution in [2.45, 2.75) is 25.3 Å². The normalized spacial score (nSPS) is 12.2. The number of para-hydroxylation sites is 1. The summed E-state index contributed by atoms with van der Waals surface area (Å²) in [6, 6.07) is 15.0. The minimum atomic E-state index is -0.699. The monoisotopic (exact) mass is 302 g/mol. The van der Waals surface area contributed by atoms with E-state index in [1.54, 1.807) is 13.2 Å². The summed E-state index contributed by atoms with van der Waals surface area (Å²) in [6.45, 7) is 0.389. The molecule has 0 aliphatic rings. The summed E-state index contributed by atoms with van der Waals surface area (Å²) in [5.41, 5.74) is 12.7. The largest absolute Gasteiger partial charge is 0.496 e. The Bertz CT molecular complexity index is 602. The summed E-state index contributed by atoms with van der Waals surface area (Å²) in [4.78, 5) is 0. The van der Waals surface area contributed by atoms with Gasteiger partial charge >= 0.3 is 0 Å². The highest BCUT2D eigenvalue weighted by Gasteiger charge is 2.11. The van der Waals surface area contributed by atoms with Gasteiger partial charge < -0.3 is 26.0 Å². The molecule has 5 N–H and O–H groups in total. The molecule has 0 fully saturated rings. The molecule has 5 heteroatoms. The zero-order valence-corrected chi connectivity index (χ0v) is 12.6. The number of nitrogens with two attached hydrogens (primary N) is 2. The zero-order chi connectivity index (χ0) is 15.9. The molecule has 2 aromatic rings. The van der Waals surface area contributed by atoms with Crippen molar-refractivity contribution >= 4 is 0 Å². The molecule has 0 bridgehead atoms. The van der Waals surface area contributed by atoms with Crippen LogP contribution in [0.5, 0.6) is 11.5 Å². The van der Waals surface area contributed by atoms with Gasteiger partial charge in [0.05, 0.1) is 19.4 Å². The van der Waals surface area contributed by atoms with Gasteiger partial charge in [0, 0.05) is 12.0 Å². The molecule has 118 valence electrons. The highest BCUT2D eigenvalue weighted by molar-refractivity contribution is 5.34. The highest BCUT2D eigenvalue weighted by Crippen LogP contribution is 2.24. The molecule has 0 saturated heterocycles. The van der Waals surface area contributed by atoms with Gasteiger partial charge in [-0.1, -0.05) is 30.3 Å². The molecule has 0 spiro atoms. The zero-order valence-electron chi connectivity index (χ0n) is 12.6. The molecule has 2 aromatic carbocycles. The smallest absolute Gasteiger partial charge is 0.125 e. The van der Waals surface area contributed by atoms with Gasteiger partial charge in [0.2, 0.25) is 0 Å². The molecule has 0 aliphatic carbocycles. The standard InChI is InChI=1S/C17H22N2O3/c1-21-16-8-3-2-5-13(16)11-22-14-7-4-6-12(9-14)15(20)10-17(18)19/h2-9,15,17,20H,10-11,18-19H2,1H3. The number of aliphatic hydroxyl groups excluding tert-OH is 1. The van der Waals surface area contributed by atoms with Gasteiger partial charge in [-0.3, -0.25) is 0 Å². The van der Waals surface area contributed by atoms with E-state index in [4.69, 9.17) is 20.9 Å². The summed E-state index contributed by atoms with van der Waals surface area (Å²) in [5.74, 6) is 1.46. The first kappa shape index (κ1) is 16.3. The van der Waals surface area contributed by atoms with Crippen molar-refractivity contribution in [2.24, 2.45) is 11.5 Å². The molecule has 1 atom stereocenters. The predicted octanol–water partition coefficient (Wildman–Crippen LogP) is 1.94. The van der Waals surface area contributed by atoms with Crippen LogP contribution in [0.15, 0.2) is 48.5 Å². The van der Waals surface area contributed by atoms with Gasteiger partial charge in [-0.25, -0.2) is 0 Å². The van der Waals surface area contributed by atoms with Crippen LogP contribution in [0.4, 0.5) is 0 Å². The third-order valence-electron chi connectivity index (χ3n) is 3.33. The van der Waals surface area contributed by atoms with Crippen molar-refractivity contribution in [3.63, 3.8) is 0 Å². The minimum Gasteiger partial charge on any atom is -0.496 e. The maximum Gasteiger partial charge on any atom is 0.125 e. The second-order valence-corrected chi connectivity index (χ2v) is 5.09. The Kier molecular flexibility index (Phi) is 5.77. The number of hydrogen-bond donors (Lipinski definition) is 3. The molecule has 0 heterocycles. The Labute approximate surface area is 130 Å². The lowest BCUT2D eigenvalue weighted by Gasteiger charge is -2.15. The fourth-order valence-corrected chi connectivity index (χ4v) is 2.19. The van der Waals surface area contributed by atoms with Gasteiger partial charge in [0.25, 0.3) is 0 Å². The average molecular weight is 302 g/mol. The van der Waals surface area contributed by atoms with Gasteiger partial charge in [-0.15, -0.1) is 0 Å². The quantitative estimate of drug-likeness (QED) is 0.680. The van der Waals surface area contributed by atoms with E-state index in [0.29, 0.717) is 18.8 Å². The van der Waals surface area contributed by atoms with Crippen molar-refractivity contribution in [1.29, 1.82) is 0 Å². The van der Waals surface area contributed by atoms with E-state index in [1.807, 2.05) is 42.5 Å². The number of methoxy groups -OCH3 is 1. The van der Waals surface area contributed by atoms with E-state index >= 15 is 0 Å². The van der Waals surface area contributed by atoms with Crippen LogP contribution in [0.3, 0.4) is 0 Å². The lowest BCUT2D eigenvalue weighted by atomic mass is 10.1. The van der Waals surface area contributed by atoms with E-state index in [0.717, 1.165) is 16.9 Å². The average Bonchev–Trinajstić information content (AvgIpc) is 2.53. The van der Waals surface area contributed by atoms with Gasteiger partial charge in [-0.2, -0.15) is 0 Å². The minimum absolute atomic E-state index is 0.302. The van der Waals surface area contributed by atoms with Crippen molar-refractivity contribution in [3.8, 4) is 11.5 Å². The number of hydrogen-bond acceptors (Lipinski definition) is 5. The summed E-state index contributed by atoms with van der Waals surface area (Å²) in [6.07, 6.45) is -0.946. The molecule has 2 rings (SSSR count). The lowest BCUT2D eigenvalue weighted by Crippen LogP contribution is -2.32. The first-order chi connectivity index (χ1) is 10.6. The molecule has 0 amide bonds. The van der Waals surface area contributed by atoms with Gasteiger partial charge in [-0.05, 0) is 23.8 Å². The Balaban J connectivity index is 2.04. The van der Waals surface area contributed by atoms with Crippen LogP contribution in [-0.2, 0) is 6.61 Å². The van der Waals surface area contributed by atoms with Crippen molar-refractivity contribution in [2.75, 3.05) is 7.11 Å². The van der Waals surface area contributed by atoms with E-state index in [-0.39, 0.29) is 0 Å². The molecular formula is C17H22N2O3. The number of ether oxygens (including phenoxy) is 2. The third-order valence-corrected chi connectivity index (χ3v) is 3.33. The Morgan fingerprint density at radius 2 is 1.86 bits per heavy atom. The second kappa shape index (κ2) is 7.79. The van der Waals surface area contributed by atoms with Gasteiger partial charge in [0.1, 0.15) is 18.1 Å². The Morgan fingerprint density at radius 1 is 1.09 bits per heavy atom. The molecular weight excluding hydrogens is 280 g/mol. The SMILES string of the molecule is COc1ccccc1COc1cccc(C(O)CC(N)N)c1. The fourth-order valence-electron chi connectivity index (χ4n) is 2.19. The Morgan fingerprint density at radius 3 is 2.59 bits per heavy atom. The van der Waals surface area contributed by atoms with E-state index in [2.05, 4.69) is 0 Å². The lowest BCUT2D eigenvalue weighted by molar-refractivity contribution is 0.158. The van der Waals surface area contributed by atoms with Crippen LogP contribution in [0.1, 0.15) is 23.7 Å². The third kappa shape index (κ3) is 4.46. The van der Waals surface area contributed by atoms with E-state index < -0.39 is 12.3 Å². The topological polar surface area (TPSA) is 90.7 Å².